The molecule has 2 amide bonds. The van der Waals surface area contributed by atoms with Gasteiger partial charge in [0.15, 0.2) is 0 Å². The molecule has 0 aliphatic carbocycles. The Morgan fingerprint density at radius 1 is 0.634 bits per heavy atom. The summed E-state index contributed by atoms with van der Waals surface area (Å²) in [4.78, 5) is 46.9. The van der Waals surface area contributed by atoms with Crippen molar-refractivity contribution in [2.75, 3.05) is 13.2 Å². The molecule has 0 aliphatic heterocycles. The van der Waals surface area contributed by atoms with Crippen molar-refractivity contribution in [2.24, 2.45) is 11.8 Å². The van der Waals surface area contributed by atoms with Gasteiger partial charge in [-0.2, -0.15) is 0 Å². The molecule has 2 unspecified atom stereocenters. The van der Waals surface area contributed by atoms with Crippen LogP contribution in [-0.4, -0.2) is 49.1 Å². The van der Waals surface area contributed by atoms with Crippen LogP contribution in [0, 0.1) is 11.8 Å². The monoisotopic (exact) mass is 628 g/mol. The van der Waals surface area contributed by atoms with Gasteiger partial charge in [0, 0.05) is 5.02 Å². The van der Waals surface area contributed by atoms with E-state index in [1.807, 2.05) is 27.7 Å². The van der Waals surface area contributed by atoms with E-state index in [0.29, 0.717) is 28.3 Å². The molecule has 0 saturated heterocycles. The molecular formula is C30H39Cl3N2O6. The van der Waals surface area contributed by atoms with E-state index in [1.165, 1.54) is 0 Å². The van der Waals surface area contributed by atoms with Crippen LogP contribution in [0.4, 0.5) is 0 Å². The number of carbonyl (C=O) groups excluding carboxylic acids is 4. The molecule has 0 radical (unpaired) electrons. The fourth-order valence-electron chi connectivity index (χ4n) is 3.07. The van der Waals surface area contributed by atoms with Gasteiger partial charge in [-0.1, -0.05) is 80.7 Å². The number of carbonyl (C=O) groups is 4. The smallest absolute Gasteiger partial charge is 0.328 e. The molecule has 0 aromatic heterocycles. The van der Waals surface area contributed by atoms with Crippen molar-refractivity contribution in [3.05, 3.63) is 68.7 Å². The Hall–Kier alpha value is -2.81. The normalized spacial score (nSPS) is 12.1. The van der Waals surface area contributed by atoms with Crippen LogP contribution in [0.1, 0.15) is 52.7 Å². The summed E-state index contributed by atoms with van der Waals surface area (Å²) < 4.78 is 10.1. The van der Waals surface area contributed by atoms with Crippen LogP contribution in [0.15, 0.2) is 42.5 Å². The zero-order valence-electron chi connectivity index (χ0n) is 24.3. The van der Waals surface area contributed by atoms with Gasteiger partial charge >= 0.3 is 11.9 Å². The van der Waals surface area contributed by atoms with Gasteiger partial charge in [0.25, 0.3) is 0 Å². The fraction of sp³-hybridized carbons (Fsp3) is 0.467. The first kappa shape index (κ1) is 36.2. The first-order valence-electron chi connectivity index (χ1n) is 13.3. The van der Waals surface area contributed by atoms with Crippen molar-refractivity contribution >= 4 is 58.6 Å². The molecule has 11 heteroatoms. The molecule has 2 aromatic rings. The third kappa shape index (κ3) is 15.7. The summed E-state index contributed by atoms with van der Waals surface area (Å²) in [5.74, 6) is -0.818. The Morgan fingerprint density at radius 2 is 1.05 bits per heavy atom. The van der Waals surface area contributed by atoms with Gasteiger partial charge in [-0.05, 0) is 61.1 Å². The lowest BCUT2D eigenvalue weighted by molar-refractivity contribution is -0.148. The number of amides is 2. The maximum atomic E-state index is 11.9. The van der Waals surface area contributed by atoms with E-state index in [9.17, 15) is 19.2 Å². The van der Waals surface area contributed by atoms with Gasteiger partial charge in [-0.3, -0.25) is 9.59 Å². The minimum absolute atomic E-state index is 0.124. The Balaban J connectivity index is 0.000000410. The number of rotatable bonds is 12. The molecule has 8 nitrogen and oxygen atoms in total. The molecule has 2 aromatic carbocycles. The van der Waals surface area contributed by atoms with E-state index in [1.54, 1.807) is 56.3 Å². The van der Waals surface area contributed by atoms with Crippen molar-refractivity contribution in [1.29, 1.82) is 0 Å². The minimum atomic E-state index is -0.681. The molecule has 0 saturated carbocycles. The lowest BCUT2D eigenvalue weighted by Gasteiger charge is -2.14. The standard InChI is InChI=1S/C15H19Cl2NO3.C15H20ClNO3/c1-9(2)8-21-15(20)10(3)18-14(19)7-11-4-5-12(16)13(17)6-11;1-10(2)9-20-15(19)11(3)17-14(18)8-12-4-6-13(16)7-5-12/h4-6,9-10H,7-8H2,1-3H3,(H,18,19);4-7,10-11H,8-9H2,1-3H3,(H,17,18). The zero-order chi connectivity index (χ0) is 31.1. The third-order valence-corrected chi connectivity index (χ3v) is 6.20. The molecule has 2 atom stereocenters. The second-order valence-electron chi connectivity index (χ2n) is 10.4. The van der Waals surface area contributed by atoms with Gasteiger partial charge in [-0.15, -0.1) is 0 Å². The van der Waals surface area contributed by atoms with E-state index in [-0.39, 0.29) is 36.5 Å². The highest BCUT2D eigenvalue weighted by molar-refractivity contribution is 6.42. The van der Waals surface area contributed by atoms with Crippen LogP contribution >= 0.6 is 34.8 Å². The van der Waals surface area contributed by atoms with Crippen molar-refractivity contribution < 1.29 is 28.7 Å². The molecule has 0 aliphatic rings. The van der Waals surface area contributed by atoms with Gasteiger partial charge in [-0.25, -0.2) is 9.59 Å². The second-order valence-corrected chi connectivity index (χ2v) is 11.6. The third-order valence-electron chi connectivity index (χ3n) is 5.21. The van der Waals surface area contributed by atoms with Gasteiger partial charge < -0.3 is 20.1 Å². The average molecular weight is 630 g/mol. The summed E-state index contributed by atoms with van der Waals surface area (Å²) in [5.41, 5.74) is 1.57. The maximum Gasteiger partial charge on any atom is 0.328 e. The van der Waals surface area contributed by atoms with Crippen LogP contribution in [0.3, 0.4) is 0 Å². The van der Waals surface area contributed by atoms with E-state index in [4.69, 9.17) is 44.3 Å². The fourth-order valence-corrected chi connectivity index (χ4v) is 3.52. The van der Waals surface area contributed by atoms with Crippen molar-refractivity contribution in [3.8, 4) is 0 Å². The highest BCUT2D eigenvalue weighted by Crippen LogP contribution is 2.22. The Bertz CT molecular complexity index is 1160. The van der Waals surface area contributed by atoms with Gasteiger partial charge in [0.2, 0.25) is 11.8 Å². The molecular weight excluding hydrogens is 591 g/mol. The molecule has 0 heterocycles. The summed E-state index contributed by atoms with van der Waals surface area (Å²) in [5, 5.41) is 6.67. The van der Waals surface area contributed by atoms with E-state index in [0.717, 1.165) is 11.1 Å². The SMILES string of the molecule is CC(C)COC(=O)C(C)NC(=O)Cc1ccc(Cl)c(Cl)c1.CC(C)COC(=O)C(C)NC(=O)Cc1ccc(Cl)cc1. The number of halogens is 3. The van der Waals surface area contributed by atoms with Gasteiger partial charge in [0.05, 0.1) is 36.1 Å². The summed E-state index contributed by atoms with van der Waals surface area (Å²) in [7, 11) is 0. The second kappa shape index (κ2) is 18.6. The quantitative estimate of drug-likeness (QED) is 0.286. The van der Waals surface area contributed by atoms with Crippen LogP contribution in [-0.2, 0) is 41.5 Å². The molecule has 0 fully saturated rings. The summed E-state index contributed by atoms with van der Waals surface area (Å²) in [6.45, 7) is 11.7. The molecule has 0 bridgehead atoms. The minimum Gasteiger partial charge on any atom is -0.464 e. The summed E-state index contributed by atoms with van der Waals surface area (Å²) >= 11 is 17.5. The van der Waals surface area contributed by atoms with Crippen molar-refractivity contribution in [3.63, 3.8) is 0 Å². The Morgan fingerprint density at radius 3 is 1.46 bits per heavy atom. The predicted molar refractivity (Wildman–Crippen MR) is 162 cm³/mol. The number of nitrogens with one attached hydrogen (secondary N) is 2. The van der Waals surface area contributed by atoms with Crippen LogP contribution in [0.5, 0.6) is 0 Å². The number of ether oxygens (including phenoxy) is 2. The van der Waals surface area contributed by atoms with Crippen LogP contribution < -0.4 is 10.6 Å². The van der Waals surface area contributed by atoms with Gasteiger partial charge in [0.1, 0.15) is 12.1 Å². The lowest BCUT2D eigenvalue weighted by Crippen LogP contribution is -2.40. The molecule has 226 valence electrons. The summed E-state index contributed by atoms with van der Waals surface area (Å²) in [6, 6.07) is 10.7. The highest BCUT2D eigenvalue weighted by atomic mass is 35.5. The first-order chi connectivity index (χ1) is 19.2. The topological polar surface area (TPSA) is 111 Å². The lowest BCUT2D eigenvalue weighted by atomic mass is 10.1. The Kier molecular flexibility index (Phi) is 16.4. The predicted octanol–water partition coefficient (Wildman–Crippen LogP) is 5.83. The van der Waals surface area contributed by atoms with Crippen molar-refractivity contribution in [1.82, 2.24) is 10.6 Å². The highest BCUT2D eigenvalue weighted by Gasteiger charge is 2.18. The molecule has 41 heavy (non-hydrogen) atoms. The number of esters is 2. The van der Waals surface area contributed by atoms with E-state index >= 15 is 0 Å². The summed E-state index contributed by atoms with van der Waals surface area (Å²) in [6.07, 6.45) is 0.331. The van der Waals surface area contributed by atoms with E-state index in [2.05, 4.69) is 10.6 Å². The zero-order valence-corrected chi connectivity index (χ0v) is 26.5. The van der Waals surface area contributed by atoms with Crippen LogP contribution in [0.2, 0.25) is 15.1 Å². The molecule has 2 rings (SSSR count). The van der Waals surface area contributed by atoms with Crippen molar-refractivity contribution in [2.45, 2.75) is 66.5 Å². The van der Waals surface area contributed by atoms with Crippen LogP contribution in [0.25, 0.3) is 0 Å². The average Bonchev–Trinajstić information content (AvgIpc) is 2.89. The number of benzene rings is 2. The van der Waals surface area contributed by atoms with E-state index < -0.39 is 24.0 Å². The number of hydrogen-bond donors (Lipinski definition) is 2. The first-order valence-corrected chi connectivity index (χ1v) is 14.4. The maximum absolute atomic E-state index is 11.9. The molecule has 2 N–H and O–H groups in total. The largest absolute Gasteiger partial charge is 0.464 e. The number of hydrogen-bond acceptors (Lipinski definition) is 6. The Labute approximate surface area is 257 Å². The molecule has 0 spiro atoms.